The van der Waals surface area contributed by atoms with Crippen LogP contribution in [0.3, 0.4) is 0 Å². The second-order valence-electron chi connectivity index (χ2n) is 8.96. The maximum absolute atomic E-state index is 14.4. The van der Waals surface area contributed by atoms with Crippen LogP contribution in [0.2, 0.25) is 5.15 Å². The predicted octanol–water partition coefficient (Wildman–Crippen LogP) is 5.62. The van der Waals surface area contributed by atoms with Gasteiger partial charge in [-0.3, -0.25) is 4.98 Å². The van der Waals surface area contributed by atoms with E-state index in [2.05, 4.69) is 26.7 Å². The maximum atomic E-state index is 14.4. The summed E-state index contributed by atoms with van der Waals surface area (Å²) in [7, 11) is 0. The largest absolute Gasteiger partial charge is 0.386 e. The standard InChI is InChI=1S/C25H25ClFN3O2/c1-25(2,31)17-12-20-21(28-14-17)18-13-19(27)23(26)29-24(18)30(20)22(15-6-4-3-5-7-15)16-8-10-32-11-9-16/h3-7,12-14,16,22,31H,8-11H2,1-2H3/t22-/m1/s1. The number of rotatable bonds is 4. The Kier molecular flexibility index (Phi) is 5.40. The van der Waals surface area contributed by atoms with Crippen molar-refractivity contribution in [3.63, 3.8) is 0 Å². The Hall–Kier alpha value is -2.54. The van der Waals surface area contributed by atoms with Crippen molar-refractivity contribution in [3.8, 4) is 0 Å². The van der Waals surface area contributed by atoms with Gasteiger partial charge >= 0.3 is 0 Å². The van der Waals surface area contributed by atoms with Crippen LogP contribution in [0.15, 0.2) is 48.7 Å². The molecule has 0 amide bonds. The molecule has 0 unspecified atom stereocenters. The number of hydrogen-bond donors (Lipinski definition) is 1. The maximum Gasteiger partial charge on any atom is 0.167 e. The number of pyridine rings is 2. The minimum absolute atomic E-state index is 0.0621. The Bertz CT molecular complexity index is 1280. The molecule has 0 spiro atoms. The first-order valence-corrected chi connectivity index (χ1v) is 11.2. The molecule has 1 aliphatic heterocycles. The molecule has 5 nitrogen and oxygen atoms in total. The second-order valence-corrected chi connectivity index (χ2v) is 9.32. The topological polar surface area (TPSA) is 60.2 Å². The zero-order chi connectivity index (χ0) is 22.5. The molecule has 3 aromatic heterocycles. The lowest BCUT2D eigenvalue weighted by Gasteiger charge is -2.33. The SMILES string of the molecule is CC(C)(O)c1cnc2c3cc(F)c(Cl)nc3n([C@H](c3ccccc3)C3CCOCC3)c2c1. The van der Waals surface area contributed by atoms with Gasteiger partial charge in [0.05, 0.1) is 22.7 Å². The van der Waals surface area contributed by atoms with Crippen LogP contribution in [-0.2, 0) is 10.3 Å². The quantitative estimate of drug-likeness (QED) is 0.407. The summed E-state index contributed by atoms with van der Waals surface area (Å²) in [6, 6.07) is 13.5. The molecule has 1 saturated heterocycles. The van der Waals surface area contributed by atoms with Crippen molar-refractivity contribution in [2.24, 2.45) is 5.92 Å². The van der Waals surface area contributed by atoms with Gasteiger partial charge in [0.2, 0.25) is 0 Å². The van der Waals surface area contributed by atoms with Gasteiger partial charge in [0.15, 0.2) is 11.0 Å². The third-order valence-corrected chi connectivity index (χ3v) is 6.63. The van der Waals surface area contributed by atoms with Gasteiger partial charge in [-0.05, 0) is 50.3 Å². The van der Waals surface area contributed by atoms with Gasteiger partial charge < -0.3 is 14.4 Å². The Morgan fingerprint density at radius 1 is 1.19 bits per heavy atom. The molecule has 0 aliphatic carbocycles. The highest BCUT2D eigenvalue weighted by Crippen LogP contribution is 2.41. The van der Waals surface area contributed by atoms with Crippen molar-refractivity contribution in [3.05, 3.63) is 70.8 Å². The molecule has 0 radical (unpaired) electrons. The molecule has 166 valence electrons. The van der Waals surface area contributed by atoms with Crippen molar-refractivity contribution in [1.82, 2.24) is 14.5 Å². The third kappa shape index (κ3) is 3.66. The van der Waals surface area contributed by atoms with E-state index >= 15 is 0 Å². The van der Waals surface area contributed by atoms with Gasteiger partial charge in [0, 0.05) is 30.4 Å². The summed E-state index contributed by atoms with van der Waals surface area (Å²) in [6.07, 6.45) is 3.44. The van der Waals surface area contributed by atoms with E-state index in [0.717, 1.165) is 23.9 Å². The molecule has 4 aromatic rings. The van der Waals surface area contributed by atoms with Crippen LogP contribution >= 0.6 is 11.6 Å². The second kappa shape index (κ2) is 8.10. The van der Waals surface area contributed by atoms with E-state index in [1.165, 1.54) is 6.07 Å². The van der Waals surface area contributed by atoms with E-state index in [0.29, 0.717) is 41.2 Å². The lowest BCUT2D eigenvalue weighted by atomic mass is 9.86. The molecular formula is C25H25ClFN3O2. The lowest BCUT2D eigenvalue weighted by molar-refractivity contribution is 0.0552. The number of aliphatic hydroxyl groups is 1. The van der Waals surface area contributed by atoms with E-state index in [-0.39, 0.29) is 11.2 Å². The van der Waals surface area contributed by atoms with Gasteiger partial charge in [-0.15, -0.1) is 0 Å². The predicted molar refractivity (Wildman–Crippen MR) is 123 cm³/mol. The summed E-state index contributed by atoms with van der Waals surface area (Å²) in [5.74, 6) is -0.282. The Labute approximate surface area is 190 Å². The summed E-state index contributed by atoms with van der Waals surface area (Å²) in [5, 5.41) is 11.1. The highest BCUT2D eigenvalue weighted by atomic mass is 35.5. The number of nitrogens with zero attached hydrogens (tertiary/aromatic N) is 3. The Morgan fingerprint density at radius 2 is 1.91 bits per heavy atom. The average molecular weight is 454 g/mol. The Morgan fingerprint density at radius 3 is 2.59 bits per heavy atom. The smallest absolute Gasteiger partial charge is 0.167 e. The number of hydrogen-bond acceptors (Lipinski definition) is 4. The summed E-state index contributed by atoms with van der Waals surface area (Å²) in [5.41, 5.74) is 2.78. The molecular weight excluding hydrogens is 429 g/mol. The number of aromatic nitrogens is 3. The van der Waals surface area contributed by atoms with Gasteiger partial charge in [-0.25, -0.2) is 9.37 Å². The summed E-state index contributed by atoms with van der Waals surface area (Å²) >= 11 is 6.15. The van der Waals surface area contributed by atoms with E-state index in [1.54, 1.807) is 20.0 Å². The first-order chi connectivity index (χ1) is 15.3. The van der Waals surface area contributed by atoms with Crippen molar-refractivity contribution < 1.29 is 14.2 Å². The van der Waals surface area contributed by atoms with Crippen molar-refractivity contribution in [2.75, 3.05) is 13.2 Å². The zero-order valence-electron chi connectivity index (χ0n) is 18.1. The van der Waals surface area contributed by atoms with Crippen LogP contribution < -0.4 is 0 Å². The molecule has 1 atom stereocenters. The molecule has 5 rings (SSSR count). The normalized spacial score (nSPS) is 16.7. The van der Waals surface area contributed by atoms with E-state index in [9.17, 15) is 9.50 Å². The number of ether oxygens (including phenoxy) is 1. The fourth-order valence-corrected chi connectivity index (χ4v) is 4.84. The van der Waals surface area contributed by atoms with Gasteiger partial charge in [0.25, 0.3) is 0 Å². The third-order valence-electron chi connectivity index (χ3n) is 6.36. The number of halogens is 2. The number of fused-ring (bicyclic) bond motifs is 3. The molecule has 1 aromatic carbocycles. The van der Waals surface area contributed by atoms with Gasteiger partial charge in [0.1, 0.15) is 5.65 Å². The average Bonchev–Trinajstić information content (AvgIpc) is 3.08. The minimum Gasteiger partial charge on any atom is -0.386 e. The minimum atomic E-state index is -1.07. The summed E-state index contributed by atoms with van der Waals surface area (Å²) in [4.78, 5) is 9.10. The Balaban J connectivity index is 1.86. The van der Waals surface area contributed by atoms with Gasteiger partial charge in [-0.1, -0.05) is 41.9 Å². The van der Waals surface area contributed by atoms with Crippen LogP contribution in [0.1, 0.15) is 43.9 Å². The fourth-order valence-electron chi connectivity index (χ4n) is 4.70. The highest BCUT2D eigenvalue weighted by Gasteiger charge is 2.31. The molecule has 1 fully saturated rings. The first-order valence-electron chi connectivity index (χ1n) is 10.9. The van der Waals surface area contributed by atoms with Crippen molar-refractivity contribution in [2.45, 2.75) is 38.3 Å². The fraction of sp³-hybridized carbons (Fsp3) is 0.360. The molecule has 1 aliphatic rings. The molecule has 32 heavy (non-hydrogen) atoms. The van der Waals surface area contributed by atoms with Crippen LogP contribution in [0.25, 0.3) is 22.1 Å². The van der Waals surface area contributed by atoms with Crippen LogP contribution in [-0.4, -0.2) is 32.9 Å². The van der Waals surface area contributed by atoms with Crippen LogP contribution in [0, 0.1) is 11.7 Å². The van der Waals surface area contributed by atoms with Gasteiger partial charge in [-0.2, -0.15) is 0 Å². The van der Waals surface area contributed by atoms with E-state index in [1.807, 2.05) is 24.3 Å². The zero-order valence-corrected chi connectivity index (χ0v) is 18.8. The number of benzene rings is 1. The van der Waals surface area contributed by atoms with E-state index in [4.69, 9.17) is 16.3 Å². The van der Waals surface area contributed by atoms with Crippen LogP contribution in [0.4, 0.5) is 4.39 Å². The monoisotopic (exact) mass is 453 g/mol. The molecule has 7 heteroatoms. The molecule has 1 N–H and O–H groups in total. The molecule has 0 saturated carbocycles. The first kappa shape index (κ1) is 21.3. The van der Waals surface area contributed by atoms with E-state index < -0.39 is 11.4 Å². The van der Waals surface area contributed by atoms with Crippen molar-refractivity contribution >= 4 is 33.7 Å². The molecule has 4 heterocycles. The summed E-state index contributed by atoms with van der Waals surface area (Å²) in [6.45, 7) is 4.85. The highest BCUT2D eigenvalue weighted by molar-refractivity contribution is 6.30. The summed E-state index contributed by atoms with van der Waals surface area (Å²) < 4.78 is 22.2. The molecule has 0 bridgehead atoms. The van der Waals surface area contributed by atoms with Crippen LogP contribution in [0.5, 0.6) is 0 Å². The lowest BCUT2D eigenvalue weighted by Crippen LogP contribution is -2.27. The van der Waals surface area contributed by atoms with Crippen molar-refractivity contribution in [1.29, 1.82) is 0 Å².